The van der Waals surface area contributed by atoms with E-state index >= 15 is 0 Å². The summed E-state index contributed by atoms with van der Waals surface area (Å²) in [6, 6.07) is 7.25. The van der Waals surface area contributed by atoms with Gasteiger partial charge in [0.2, 0.25) is 17.7 Å². The number of benzene rings is 1. The van der Waals surface area contributed by atoms with Crippen molar-refractivity contribution in [1.29, 1.82) is 0 Å². The third-order valence-electron chi connectivity index (χ3n) is 2.35. The zero-order chi connectivity index (χ0) is 13.7. The second kappa shape index (κ2) is 5.96. The van der Waals surface area contributed by atoms with Crippen molar-refractivity contribution in [3.05, 3.63) is 30.2 Å². The highest BCUT2D eigenvalue weighted by molar-refractivity contribution is 5.76. The van der Waals surface area contributed by atoms with E-state index in [9.17, 15) is 4.79 Å². The molecule has 1 amide bonds. The molecule has 0 bridgehead atoms. The van der Waals surface area contributed by atoms with Gasteiger partial charge in [0.15, 0.2) is 0 Å². The second-order valence-corrected chi connectivity index (χ2v) is 3.70. The van der Waals surface area contributed by atoms with Crippen molar-refractivity contribution in [2.24, 2.45) is 5.84 Å². The van der Waals surface area contributed by atoms with Crippen LogP contribution in [0, 0.1) is 0 Å². The van der Waals surface area contributed by atoms with Crippen LogP contribution in [0.1, 0.15) is 12.8 Å². The summed E-state index contributed by atoms with van der Waals surface area (Å²) in [5.74, 6) is 5.93. The van der Waals surface area contributed by atoms with Gasteiger partial charge >= 0.3 is 0 Å². The molecule has 19 heavy (non-hydrogen) atoms. The predicted octanol–water partition coefficient (Wildman–Crippen LogP) is 0.668. The van der Waals surface area contributed by atoms with E-state index in [0.717, 1.165) is 11.3 Å². The van der Waals surface area contributed by atoms with E-state index in [1.165, 1.54) is 0 Å². The maximum Gasteiger partial charge on any atom is 0.247 e. The molecule has 2 aromatic rings. The highest BCUT2D eigenvalue weighted by Crippen LogP contribution is 2.21. The molecule has 1 aromatic heterocycles. The molecule has 100 valence electrons. The fourth-order valence-corrected chi connectivity index (χ4v) is 1.49. The Morgan fingerprint density at radius 3 is 2.74 bits per heavy atom. The van der Waals surface area contributed by atoms with Crippen molar-refractivity contribution in [1.82, 2.24) is 15.6 Å². The maximum absolute atomic E-state index is 11.1. The van der Waals surface area contributed by atoms with Gasteiger partial charge in [0.1, 0.15) is 12.2 Å². The standard InChI is InChI=1S/C12H14N4O3/c1-2-18-9-5-3-8(4-6-9)12-16-15-11(19-12)7-10(17)14-13/h3-6H,2,7,13H2,1H3,(H,14,17). The lowest BCUT2D eigenvalue weighted by molar-refractivity contribution is -0.120. The van der Waals surface area contributed by atoms with Crippen LogP contribution in [0.25, 0.3) is 11.5 Å². The first-order valence-corrected chi connectivity index (χ1v) is 5.78. The molecule has 0 atom stereocenters. The van der Waals surface area contributed by atoms with Gasteiger partial charge in [-0.1, -0.05) is 0 Å². The number of hydrogen-bond donors (Lipinski definition) is 2. The van der Waals surface area contributed by atoms with Crippen molar-refractivity contribution in [3.63, 3.8) is 0 Å². The first kappa shape index (κ1) is 13.0. The van der Waals surface area contributed by atoms with Crippen molar-refractivity contribution in [3.8, 4) is 17.2 Å². The summed E-state index contributed by atoms with van der Waals surface area (Å²) in [7, 11) is 0. The highest BCUT2D eigenvalue weighted by atomic mass is 16.5. The van der Waals surface area contributed by atoms with E-state index in [2.05, 4.69) is 10.2 Å². The smallest absolute Gasteiger partial charge is 0.247 e. The highest BCUT2D eigenvalue weighted by Gasteiger charge is 2.11. The average molecular weight is 262 g/mol. The fraction of sp³-hybridized carbons (Fsp3) is 0.250. The lowest BCUT2D eigenvalue weighted by atomic mass is 10.2. The normalized spacial score (nSPS) is 10.2. The van der Waals surface area contributed by atoms with E-state index in [1.807, 2.05) is 36.6 Å². The van der Waals surface area contributed by atoms with E-state index in [4.69, 9.17) is 15.0 Å². The molecule has 0 radical (unpaired) electrons. The molecule has 0 aliphatic rings. The zero-order valence-corrected chi connectivity index (χ0v) is 10.4. The van der Waals surface area contributed by atoms with Crippen molar-refractivity contribution in [2.75, 3.05) is 6.61 Å². The lowest BCUT2D eigenvalue weighted by Crippen LogP contribution is -2.31. The molecule has 7 nitrogen and oxygen atoms in total. The summed E-state index contributed by atoms with van der Waals surface area (Å²) < 4.78 is 10.7. The topological polar surface area (TPSA) is 103 Å². The van der Waals surface area contributed by atoms with Gasteiger partial charge in [-0.3, -0.25) is 10.2 Å². The first-order valence-electron chi connectivity index (χ1n) is 5.78. The van der Waals surface area contributed by atoms with Crippen LogP contribution in [0.4, 0.5) is 0 Å². The van der Waals surface area contributed by atoms with Crippen molar-refractivity contribution in [2.45, 2.75) is 13.3 Å². The molecule has 2 rings (SSSR count). The molecule has 0 spiro atoms. The minimum Gasteiger partial charge on any atom is -0.494 e. The Kier molecular flexibility index (Phi) is 4.09. The van der Waals surface area contributed by atoms with Gasteiger partial charge in [-0.25, -0.2) is 5.84 Å². The number of carbonyl (C=O) groups excluding carboxylic acids is 1. The first-order chi connectivity index (χ1) is 9.22. The summed E-state index contributed by atoms with van der Waals surface area (Å²) in [6.07, 6.45) is -0.0411. The van der Waals surface area contributed by atoms with E-state index < -0.39 is 0 Å². The largest absolute Gasteiger partial charge is 0.494 e. The number of nitrogens with one attached hydrogen (secondary N) is 1. The second-order valence-electron chi connectivity index (χ2n) is 3.70. The molecular formula is C12H14N4O3. The van der Waals surface area contributed by atoms with Crippen LogP contribution in [0.2, 0.25) is 0 Å². The Hall–Kier alpha value is -2.41. The molecule has 0 fully saturated rings. The number of hydrogen-bond acceptors (Lipinski definition) is 6. The molecule has 0 aliphatic carbocycles. The molecule has 0 aliphatic heterocycles. The number of aromatic nitrogens is 2. The third-order valence-corrected chi connectivity index (χ3v) is 2.35. The summed E-state index contributed by atoms with van der Waals surface area (Å²) in [5.41, 5.74) is 2.76. The van der Waals surface area contributed by atoms with Gasteiger partial charge in [0.25, 0.3) is 0 Å². The molecule has 7 heteroatoms. The zero-order valence-electron chi connectivity index (χ0n) is 10.4. The summed E-state index contributed by atoms with van der Waals surface area (Å²) in [5, 5.41) is 7.65. The number of carbonyl (C=O) groups is 1. The van der Waals surface area contributed by atoms with E-state index in [-0.39, 0.29) is 18.2 Å². The van der Waals surface area contributed by atoms with Crippen LogP contribution in [0.3, 0.4) is 0 Å². The van der Waals surface area contributed by atoms with Gasteiger partial charge < -0.3 is 9.15 Å². The van der Waals surface area contributed by atoms with Gasteiger partial charge in [-0.05, 0) is 31.2 Å². The van der Waals surface area contributed by atoms with Crippen molar-refractivity contribution < 1.29 is 13.9 Å². The average Bonchev–Trinajstić information content (AvgIpc) is 2.88. The van der Waals surface area contributed by atoms with Crippen LogP contribution in [-0.2, 0) is 11.2 Å². The van der Waals surface area contributed by atoms with Crippen LogP contribution >= 0.6 is 0 Å². The minimum atomic E-state index is -0.387. The Bertz CT molecular complexity index is 550. The predicted molar refractivity (Wildman–Crippen MR) is 66.9 cm³/mol. The monoisotopic (exact) mass is 262 g/mol. The van der Waals surface area contributed by atoms with Crippen LogP contribution < -0.4 is 16.0 Å². The number of hydrazine groups is 1. The van der Waals surface area contributed by atoms with E-state index in [1.54, 1.807) is 0 Å². The molecule has 0 saturated heterocycles. The fourth-order valence-electron chi connectivity index (χ4n) is 1.49. The Labute approximate surface area is 109 Å². The van der Waals surface area contributed by atoms with Gasteiger partial charge in [0.05, 0.1) is 6.61 Å². The quantitative estimate of drug-likeness (QED) is 0.466. The van der Waals surface area contributed by atoms with Gasteiger partial charge in [-0.15, -0.1) is 10.2 Å². The summed E-state index contributed by atoms with van der Waals surface area (Å²) in [4.78, 5) is 11.1. The molecular weight excluding hydrogens is 248 g/mol. The Morgan fingerprint density at radius 2 is 2.11 bits per heavy atom. The molecule has 1 aromatic carbocycles. The number of ether oxygens (including phenoxy) is 1. The number of nitrogens with zero attached hydrogens (tertiary/aromatic N) is 2. The lowest BCUT2D eigenvalue weighted by Gasteiger charge is -2.02. The molecule has 1 heterocycles. The number of nitrogens with two attached hydrogens (primary N) is 1. The Morgan fingerprint density at radius 1 is 1.37 bits per heavy atom. The summed E-state index contributed by atoms with van der Waals surface area (Å²) >= 11 is 0. The van der Waals surface area contributed by atoms with E-state index in [0.29, 0.717) is 12.5 Å². The maximum atomic E-state index is 11.1. The molecule has 0 saturated carbocycles. The molecule has 3 N–H and O–H groups in total. The SMILES string of the molecule is CCOc1ccc(-c2nnc(CC(=O)NN)o2)cc1. The number of amides is 1. The Balaban J connectivity index is 2.11. The van der Waals surface area contributed by atoms with Crippen LogP contribution in [0.5, 0.6) is 5.75 Å². The van der Waals surface area contributed by atoms with Crippen LogP contribution in [-0.4, -0.2) is 22.7 Å². The van der Waals surface area contributed by atoms with Gasteiger partial charge in [0, 0.05) is 5.56 Å². The van der Waals surface area contributed by atoms with Crippen molar-refractivity contribution >= 4 is 5.91 Å². The molecule has 0 unspecified atom stereocenters. The number of rotatable bonds is 5. The van der Waals surface area contributed by atoms with Gasteiger partial charge in [-0.2, -0.15) is 0 Å². The summed E-state index contributed by atoms with van der Waals surface area (Å²) in [6.45, 7) is 2.53. The van der Waals surface area contributed by atoms with Crippen LogP contribution in [0.15, 0.2) is 28.7 Å². The third kappa shape index (κ3) is 3.29. The minimum absolute atomic E-state index is 0.0411.